The highest BCUT2D eigenvalue weighted by Gasteiger charge is 2.48. The van der Waals surface area contributed by atoms with Crippen molar-refractivity contribution >= 4 is 23.6 Å². The maximum Gasteiger partial charge on any atom is 0.246 e. The van der Waals surface area contributed by atoms with Crippen LogP contribution in [0.3, 0.4) is 0 Å². The minimum Gasteiger partial charge on any atom is -0.329 e. The Morgan fingerprint density at radius 3 is 2.68 bits per heavy atom. The molecule has 2 aliphatic heterocycles. The van der Waals surface area contributed by atoms with Gasteiger partial charge in [-0.05, 0) is 31.9 Å². The lowest BCUT2D eigenvalue weighted by molar-refractivity contribution is -0.161. The Morgan fingerprint density at radius 1 is 1.32 bits per heavy atom. The van der Waals surface area contributed by atoms with Crippen molar-refractivity contribution in [3.05, 3.63) is 0 Å². The molecule has 2 aliphatic rings. The molecule has 19 heavy (non-hydrogen) atoms. The molecule has 0 spiro atoms. The van der Waals surface area contributed by atoms with Gasteiger partial charge in [0.15, 0.2) is 0 Å². The second-order valence-electron chi connectivity index (χ2n) is 5.37. The molecule has 0 aromatic heterocycles. The maximum atomic E-state index is 12.6. The normalized spacial score (nSPS) is 28.8. The molecule has 2 rings (SSSR count). The van der Waals surface area contributed by atoms with Gasteiger partial charge in [-0.15, -0.1) is 0 Å². The Bertz CT molecular complexity index is 361. The molecule has 0 radical (unpaired) electrons. The van der Waals surface area contributed by atoms with E-state index in [-0.39, 0.29) is 29.9 Å². The molecule has 2 amide bonds. The van der Waals surface area contributed by atoms with E-state index in [2.05, 4.69) is 13.8 Å². The van der Waals surface area contributed by atoms with Crippen molar-refractivity contribution in [2.45, 2.75) is 58.2 Å². The van der Waals surface area contributed by atoms with Crippen molar-refractivity contribution in [1.29, 1.82) is 0 Å². The standard InChI is InChI=1S/C14H24N2O2S/c1-4-11-13(17)15-8-6-7-12(15)14(18)16(11)10(3)9-19-5-2/h10-12H,4-9H2,1-3H3. The van der Waals surface area contributed by atoms with Crippen molar-refractivity contribution in [3.63, 3.8) is 0 Å². The number of hydrogen-bond acceptors (Lipinski definition) is 3. The van der Waals surface area contributed by atoms with Gasteiger partial charge in [-0.25, -0.2) is 0 Å². The molecule has 4 nitrogen and oxygen atoms in total. The fourth-order valence-corrected chi connectivity index (χ4v) is 3.93. The average Bonchev–Trinajstić information content (AvgIpc) is 2.89. The largest absolute Gasteiger partial charge is 0.329 e. The van der Waals surface area contributed by atoms with Gasteiger partial charge in [0.1, 0.15) is 12.1 Å². The molecule has 0 N–H and O–H groups in total. The predicted molar refractivity (Wildman–Crippen MR) is 78.1 cm³/mol. The van der Waals surface area contributed by atoms with Crippen LogP contribution in [-0.2, 0) is 9.59 Å². The van der Waals surface area contributed by atoms with Gasteiger partial charge < -0.3 is 9.80 Å². The van der Waals surface area contributed by atoms with Crippen molar-refractivity contribution in [3.8, 4) is 0 Å². The fourth-order valence-electron chi connectivity index (χ4n) is 3.19. The first kappa shape index (κ1) is 14.7. The van der Waals surface area contributed by atoms with Crippen LogP contribution in [0.5, 0.6) is 0 Å². The lowest BCUT2D eigenvalue weighted by Crippen LogP contribution is -2.65. The van der Waals surface area contributed by atoms with Crippen LogP contribution >= 0.6 is 11.8 Å². The van der Waals surface area contributed by atoms with E-state index in [1.807, 2.05) is 28.5 Å². The van der Waals surface area contributed by atoms with E-state index in [9.17, 15) is 9.59 Å². The predicted octanol–water partition coefficient (Wildman–Crippen LogP) is 1.74. The lowest BCUT2D eigenvalue weighted by atomic mass is 10.0. The van der Waals surface area contributed by atoms with Crippen molar-refractivity contribution in [2.24, 2.45) is 0 Å². The number of carbonyl (C=O) groups excluding carboxylic acids is 2. The summed E-state index contributed by atoms with van der Waals surface area (Å²) in [7, 11) is 0. The van der Waals surface area contributed by atoms with Gasteiger partial charge in [-0.2, -0.15) is 11.8 Å². The van der Waals surface area contributed by atoms with Gasteiger partial charge in [-0.1, -0.05) is 13.8 Å². The first-order chi connectivity index (χ1) is 9.11. The van der Waals surface area contributed by atoms with Crippen LogP contribution in [0.2, 0.25) is 0 Å². The minimum absolute atomic E-state index is 0.147. The van der Waals surface area contributed by atoms with Crippen molar-refractivity contribution in [1.82, 2.24) is 9.80 Å². The first-order valence-electron chi connectivity index (χ1n) is 7.32. The molecule has 2 heterocycles. The van der Waals surface area contributed by atoms with Crippen LogP contribution in [-0.4, -0.2) is 57.8 Å². The van der Waals surface area contributed by atoms with E-state index < -0.39 is 0 Å². The fraction of sp³-hybridized carbons (Fsp3) is 0.857. The third kappa shape index (κ3) is 2.62. The Hall–Kier alpha value is -0.710. The number of carbonyl (C=O) groups is 2. The molecule has 5 heteroatoms. The molecular formula is C14H24N2O2S. The Morgan fingerprint density at radius 2 is 2.05 bits per heavy atom. The lowest BCUT2D eigenvalue weighted by Gasteiger charge is -2.44. The molecule has 108 valence electrons. The molecule has 3 unspecified atom stereocenters. The average molecular weight is 284 g/mol. The van der Waals surface area contributed by atoms with Crippen LogP contribution < -0.4 is 0 Å². The Balaban J connectivity index is 2.18. The number of piperazine rings is 1. The second kappa shape index (κ2) is 6.16. The maximum absolute atomic E-state index is 12.6. The Kier molecular flexibility index (Phi) is 4.76. The van der Waals surface area contributed by atoms with Crippen molar-refractivity contribution < 1.29 is 9.59 Å². The Labute approximate surface area is 119 Å². The molecule has 0 saturated carbocycles. The molecular weight excluding hydrogens is 260 g/mol. The summed E-state index contributed by atoms with van der Waals surface area (Å²) in [6, 6.07) is -0.271. The van der Waals surface area contributed by atoms with Gasteiger partial charge in [0.2, 0.25) is 11.8 Å². The highest BCUT2D eigenvalue weighted by Crippen LogP contribution is 2.30. The number of rotatable bonds is 5. The second-order valence-corrected chi connectivity index (χ2v) is 6.69. The summed E-state index contributed by atoms with van der Waals surface area (Å²) < 4.78 is 0. The molecule has 0 bridgehead atoms. The SMILES string of the molecule is CCSCC(C)N1C(=O)C2CCCN2C(=O)C1CC. The summed E-state index contributed by atoms with van der Waals surface area (Å²) in [4.78, 5) is 28.8. The summed E-state index contributed by atoms with van der Waals surface area (Å²) in [6.45, 7) is 6.95. The topological polar surface area (TPSA) is 40.6 Å². The highest BCUT2D eigenvalue weighted by atomic mass is 32.2. The van der Waals surface area contributed by atoms with Gasteiger partial charge in [0.05, 0.1) is 0 Å². The number of amides is 2. The summed E-state index contributed by atoms with van der Waals surface area (Å²) in [5, 5.41) is 0. The zero-order valence-electron chi connectivity index (χ0n) is 12.1. The van der Waals surface area contributed by atoms with E-state index in [1.54, 1.807) is 0 Å². The van der Waals surface area contributed by atoms with Crippen LogP contribution in [0.1, 0.15) is 40.0 Å². The van der Waals surface area contributed by atoms with Gasteiger partial charge in [0, 0.05) is 18.3 Å². The summed E-state index contributed by atoms with van der Waals surface area (Å²) in [6.07, 6.45) is 2.52. The minimum atomic E-state index is -0.241. The van der Waals surface area contributed by atoms with Crippen LogP contribution in [0, 0.1) is 0 Å². The number of thioether (sulfide) groups is 1. The van der Waals surface area contributed by atoms with Crippen molar-refractivity contribution in [2.75, 3.05) is 18.1 Å². The van der Waals surface area contributed by atoms with E-state index in [4.69, 9.17) is 0 Å². The molecule has 2 saturated heterocycles. The third-order valence-electron chi connectivity index (χ3n) is 4.12. The monoisotopic (exact) mass is 284 g/mol. The van der Waals surface area contributed by atoms with E-state index in [0.29, 0.717) is 0 Å². The van der Waals surface area contributed by atoms with E-state index >= 15 is 0 Å². The number of nitrogens with zero attached hydrogens (tertiary/aromatic N) is 2. The molecule has 3 atom stereocenters. The quantitative estimate of drug-likeness (QED) is 0.772. The zero-order valence-corrected chi connectivity index (χ0v) is 12.9. The zero-order chi connectivity index (χ0) is 14.0. The smallest absolute Gasteiger partial charge is 0.246 e. The van der Waals surface area contributed by atoms with Crippen LogP contribution in [0.15, 0.2) is 0 Å². The molecule has 2 fully saturated rings. The summed E-state index contributed by atoms with van der Waals surface area (Å²) in [5.74, 6) is 2.30. The first-order valence-corrected chi connectivity index (χ1v) is 8.47. The van der Waals surface area contributed by atoms with E-state index in [0.717, 1.165) is 37.3 Å². The van der Waals surface area contributed by atoms with Gasteiger partial charge >= 0.3 is 0 Å². The van der Waals surface area contributed by atoms with E-state index in [1.165, 1.54) is 0 Å². The summed E-state index contributed by atoms with van der Waals surface area (Å²) in [5.41, 5.74) is 0. The molecule has 0 aromatic rings. The third-order valence-corrected chi connectivity index (χ3v) is 5.25. The summed E-state index contributed by atoms with van der Waals surface area (Å²) >= 11 is 1.83. The molecule has 0 aromatic carbocycles. The van der Waals surface area contributed by atoms with Gasteiger partial charge in [0.25, 0.3) is 0 Å². The van der Waals surface area contributed by atoms with Gasteiger partial charge in [-0.3, -0.25) is 9.59 Å². The molecule has 0 aliphatic carbocycles. The van der Waals surface area contributed by atoms with Crippen LogP contribution in [0.4, 0.5) is 0 Å². The number of fused-ring (bicyclic) bond motifs is 1. The van der Waals surface area contributed by atoms with Crippen LogP contribution in [0.25, 0.3) is 0 Å². The highest BCUT2D eigenvalue weighted by molar-refractivity contribution is 7.99. The number of hydrogen-bond donors (Lipinski definition) is 0.